The molecule has 1 aromatic rings. The number of nitrogens with two attached hydrogens (primary N) is 1. The highest BCUT2D eigenvalue weighted by atomic mass is 35.5. The summed E-state index contributed by atoms with van der Waals surface area (Å²) in [6, 6.07) is 0.601. The number of fused-ring (bicyclic) bond motifs is 5. The number of amides is 7. The molecular weight excluding hydrogens is 948 g/mol. The number of ether oxygens (including phenoxy) is 5. The van der Waals surface area contributed by atoms with E-state index >= 15 is 0 Å². The molecule has 5 rings (SSSR count). The van der Waals surface area contributed by atoms with Crippen molar-refractivity contribution in [3.63, 3.8) is 0 Å². The van der Waals surface area contributed by atoms with Crippen LogP contribution in [0, 0.1) is 5.92 Å². The molecule has 0 aliphatic carbocycles. The van der Waals surface area contributed by atoms with Crippen LogP contribution in [0.15, 0.2) is 35.9 Å². The fraction of sp³-hybridized carbons (Fsp3) is 0.578. The van der Waals surface area contributed by atoms with Crippen molar-refractivity contribution in [2.45, 2.75) is 119 Å². The first-order valence-electron chi connectivity index (χ1n) is 21.9. The minimum atomic E-state index is -1.91. The number of alkyl carbamates (subject to hydrolysis) is 1. The number of halogens is 1. The van der Waals surface area contributed by atoms with Crippen molar-refractivity contribution in [2.24, 2.45) is 11.7 Å². The summed E-state index contributed by atoms with van der Waals surface area (Å²) in [4.78, 5) is 119. The van der Waals surface area contributed by atoms with Crippen LogP contribution in [-0.4, -0.2) is 167 Å². The zero-order chi connectivity index (χ0) is 51.3. The number of carbonyl (C=O) groups is 9. The lowest BCUT2D eigenvalue weighted by atomic mass is 9.83. The van der Waals surface area contributed by atoms with Crippen molar-refractivity contribution < 1.29 is 77.0 Å². The standard InChI is InChI=1S/C45H59ClN6O16S/c1-22-10-9-11-31(65-8)45(63)20-29(66-43(62)49-45)23(2)39-44(4,68-39)32(19-36(56)51(6)27-15-25(14-22)16-28(64-7)38(27)46)67-42(61)24(3)50(5)35(55)12-13-69-30-18-37(57)52(40(30)58)21-34(54)48-26(41(59)60)17-33(47)53/h9-11,15-16,23-24,26,29-32,39,63H,12-14,17-21H2,1-8H3,(H2,47,53)(H,48,54)(H,49,62)(H,59,60)/b11-9+,22-10+/t23-,24+,26?,29+,30?,31-,32+,39+,44+,45+/m1/s1. The summed E-state index contributed by atoms with van der Waals surface area (Å²) < 4.78 is 29.2. The number of nitrogens with one attached hydrogen (secondary N) is 2. The summed E-state index contributed by atoms with van der Waals surface area (Å²) >= 11 is 7.75. The number of anilines is 1. The molecule has 2 unspecified atom stereocenters. The predicted molar refractivity (Wildman–Crippen MR) is 247 cm³/mol. The van der Waals surface area contributed by atoms with Gasteiger partial charge in [-0.05, 0) is 44.9 Å². The van der Waals surface area contributed by atoms with Gasteiger partial charge in [-0.15, -0.1) is 11.8 Å². The van der Waals surface area contributed by atoms with Crippen LogP contribution in [0.3, 0.4) is 0 Å². The fourth-order valence-electron chi connectivity index (χ4n) is 8.42. The third-order valence-corrected chi connectivity index (χ3v) is 14.3. The van der Waals surface area contributed by atoms with Gasteiger partial charge in [0.1, 0.15) is 53.3 Å². The Morgan fingerprint density at radius 2 is 1.83 bits per heavy atom. The van der Waals surface area contributed by atoms with Crippen molar-refractivity contribution in [1.82, 2.24) is 20.4 Å². The molecular formula is C45H59ClN6O16S. The topological polar surface area (TPSA) is 303 Å². The highest BCUT2D eigenvalue weighted by Crippen LogP contribution is 2.49. The number of carboxylic acids is 1. The van der Waals surface area contributed by atoms with Gasteiger partial charge < -0.3 is 54.7 Å². The van der Waals surface area contributed by atoms with Gasteiger partial charge in [-0.1, -0.05) is 42.3 Å². The number of nitrogens with zero attached hydrogens (tertiary/aromatic N) is 3. The second kappa shape index (κ2) is 22.3. The van der Waals surface area contributed by atoms with E-state index in [0.717, 1.165) is 27.8 Å². The molecule has 7 amide bonds. The number of likely N-dealkylation sites (N-methyl/N-ethyl adjacent to an activating group) is 1. The van der Waals surface area contributed by atoms with Gasteiger partial charge in [0.15, 0.2) is 5.72 Å². The molecule has 4 bridgehead atoms. The normalized spacial score (nSPS) is 29.3. The predicted octanol–water partition coefficient (Wildman–Crippen LogP) is 1.21. The molecule has 4 aliphatic rings. The lowest BCUT2D eigenvalue weighted by Gasteiger charge is -2.42. The van der Waals surface area contributed by atoms with Crippen LogP contribution >= 0.6 is 23.4 Å². The number of esters is 1. The number of benzene rings is 1. The third-order valence-electron chi connectivity index (χ3n) is 12.7. The number of aliphatic carboxylic acids is 1. The number of carboxylic acid groups (broad SMARTS) is 1. The van der Waals surface area contributed by atoms with Crippen LogP contribution in [-0.2, 0) is 63.7 Å². The second-order valence-electron chi connectivity index (χ2n) is 17.7. The number of likely N-dealkylation sites (tertiary alicyclic amines) is 1. The molecule has 4 heterocycles. The van der Waals surface area contributed by atoms with Crippen molar-refractivity contribution in [3.05, 3.63) is 46.5 Å². The molecule has 0 aromatic heterocycles. The minimum absolute atomic E-state index is 0.0194. The van der Waals surface area contributed by atoms with Crippen LogP contribution < -0.4 is 26.0 Å². The smallest absolute Gasteiger partial charge is 0.409 e. The molecule has 22 nitrogen and oxygen atoms in total. The average Bonchev–Trinajstić information content (AvgIpc) is 3.91. The molecule has 3 fully saturated rings. The summed E-state index contributed by atoms with van der Waals surface area (Å²) in [7, 11) is 5.71. The largest absolute Gasteiger partial charge is 0.495 e. The van der Waals surface area contributed by atoms with Crippen LogP contribution in [0.5, 0.6) is 5.75 Å². The highest BCUT2D eigenvalue weighted by Gasteiger charge is 2.64. The van der Waals surface area contributed by atoms with E-state index in [1.807, 2.05) is 13.0 Å². The number of hydrogen-bond donors (Lipinski definition) is 5. The number of epoxide rings is 1. The van der Waals surface area contributed by atoms with Crippen LogP contribution in [0.1, 0.15) is 65.4 Å². The number of primary amides is 1. The summed E-state index contributed by atoms with van der Waals surface area (Å²) in [5.74, 6) is -7.23. The Morgan fingerprint density at radius 1 is 1.13 bits per heavy atom. The lowest BCUT2D eigenvalue weighted by molar-refractivity contribution is -0.162. The Kier molecular flexibility index (Phi) is 17.5. The first-order chi connectivity index (χ1) is 32.3. The van der Waals surface area contributed by atoms with Gasteiger partial charge in [0.05, 0.1) is 37.0 Å². The van der Waals surface area contributed by atoms with Gasteiger partial charge in [0.2, 0.25) is 35.4 Å². The Balaban J connectivity index is 1.31. The van der Waals surface area contributed by atoms with E-state index in [1.54, 1.807) is 38.1 Å². The van der Waals surface area contributed by atoms with Gasteiger partial charge in [0, 0.05) is 52.1 Å². The van der Waals surface area contributed by atoms with E-state index in [0.29, 0.717) is 22.8 Å². The maximum Gasteiger partial charge on any atom is 0.409 e. The van der Waals surface area contributed by atoms with E-state index in [9.17, 15) is 53.4 Å². The monoisotopic (exact) mass is 1010 g/mol. The van der Waals surface area contributed by atoms with Crippen molar-refractivity contribution >= 4 is 82.5 Å². The number of carbonyl (C=O) groups excluding carboxylic acids is 8. The Labute approximate surface area is 407 Å². The quantitative estimate of drug-likeness (QED) is 0.0937. The van der Waals surface area contributed by atoms with Crippen molar-refractivity contribution in [3.8, 4) is 5.75 Å². The molecule has 3 saturated heterocycles. The molecule has 0 radical (unpaired) electrons. The van der Waals surface area contributed by atoms with E-state index in [4.69, 9.17) is 41.0 Å². The van der Waals surface area contributed by atoms with Gasteiger partial charge in [-0.2, -0.15) is 0 Å². The molecule has 0 saturated carbocycles. The van der Waals surface area contributed by atoms with Gasteiger partial charge in [0.25, 0.3) is 0 Å². The molecule has 1 aromatic carbocycles. The van der Waals surface area contributed by atoms with Gasteiger partial charge in [-0.3, -0.25) is 39.0 Å². The van der Waals surface area contributed by atoms with E-state index in [1.165, 1.54) is 40.1 Å². The third kappa shape index (κ3) is 12.7. The number of methoxy groups -OCH3 is 2. The number of thioether (sulfide) groups is 1. The van der Waals surface area contributed by atoms with E-state index in [-0.39, 0.29) is 30.0 Å². The summed E-state index contributed by atoms with van der Waals surface area (Å²) in [6.45, 7) is 5.88. The number of hydrogen-bond acceptors (Lipinski definition) is 16. The summed E-state index contributed by atoms with van der Waals surface area (Å²) in [5, 5.41) is 24.8. The summed E-state index contributed by atoms with van der Waals surface area (Å²) in [5.41, 5.74) is 3.70. The molecule has 69 heavy (non-hydrogen) atoms. The fourth-order valence-corrected chi connectivity index (χ4v) is 9.84. The van der Waals surface area contributed by atoms with Crippen LogP contribution in [0.25, 0.3) is 0 Å². The van der Waals surface area contributed by atoms with Crippen LogP contribution in [0.4, 0.5) is 10.5 Å². The van der Waals surface area contributed by atoms with Crippen molar-refractivity contribution in [2.75, 3.05) is 45.5 Å². The average molecular weight is 1010 g/mol. The molecule has 6 N–H and O–H groups in total. The summed E-state index contributed by atoms with van der Waals surface area (Å²) in [6.07, 6.45) is -1.15. The lowest BCUT2D eigenvalue weighted by Crippen LogP contribution is -2.63. The number of imide groups is 1. The van der Waals surface area contributed by atoms with E-state index in [2.05, 4.69) is 10.6 Å². The van der Waals surface area contributed by atoms with E-state index < -0.39 is 132 Å². The first-order valence-corrected chi connectivity index (χ1v) is 23.4. The zero-order valence-electron chi connectivity index (χ0n) is 39.5. The second-order valence-corrected chi connectivity index (χ2v) is 19.4. The minimum Gasteiger partial charge on any atom is -0.495 e. The van der Waals surface area contributed by atoms with Gasteiger partial charge in [-0.25, -0.2) is 14.4 Å². The molecule has 378 valence electrons. The maximum atomic E-state index is 14.3. The molecule has 10 atom stereocenters. The van der Waals surface area contributed by atoms with Crippen molar-refractivity contribution in [1.29, 1.82) is 0 Å². The number of aliphatic hydroxyl groups is 1. The highest BCUT2D eigenvalue weighted by molar-refractivity contribution is 8.00. The maximum absolute atomic E-state index is 14.3. The number of allylic oxidation sites excluding steroid dienone is 3. The van der Waals surface area contributed by atoms with Crippen LogP contribution in [0.2, 0.25) is 5.02 Å². The molecule has 0 spiro atoms. The Bertz CT molecular complexity index is 2300. The van der Waals surface area contributed by atoms with Gasteiger partial charge >= 0.3 is 18.0 Å². The SMILES string of the molecule is COc1cc2cc(c1Cl)N(C)C(=O)C[C@H](OC(=O)[C@H](C)N(C)C(=O)CCSC1CC(=O)N(CC(=O)NC(CC(N)=O)C(=O)O)C1=O)[C@]1(C)O[C@H]1[C@H](C)[C@@H]1C[C@@](O)(NC(=O)O1)[C@H](OC)/C=C/C=C(\C)C2. The zero-order valence-corrected chi connectivity index (χ0v) is 41.0. The molecule has 24 heteroatoms. The Morgan fingerprint density at radius 3 is 2.46 bits per heavy atom. The first kappa shape index (κ1) is 54.2. The Hall–Kier alpha value is -5.75. The molecule has 4 aliphatic heterocycles. The number of rotatable bonds is 15.